The zero-order valence-corrected chi connectivity index (χ0v) is 19.7. The Balaban J connectivity index is 1.40. The van der Waals surface area contributed by atoms with E-state index in [0.29, 0.717) is 13.0 Å². The highest BCUT2D eigenvalue weighted by Gasteiger charge is 2.23. The van der Waals surface area contributed by atoms with Crippen LogP contribution in [0.3, 0.4) is 0 Å². The van der Waals surface area contributed by atoms with Gasteiger partial charge in [0.1, 0.15) is 0 Å². The number of amides is 1. The lowest BCUT2D eigenvalue weighted by Gasteiger charge is -2.16. The molecule has 1 atom stereocenters. The van der Waals surface area contributed by atoms with E-state index in [2.05, 4.69) is 86.4 Å². The minimum Gasteiger partial charge on any atom is -0.356 e. The molecule has 0 aliphatic heterocycles. The number of benzene rings is 2. The first kappa shape index (κ1) is 22.1. The Morgan fingerprint density at radius 2 is 1.79 bits per heavy atom. The number of carbonyl (C=O) groups is 1. The van der Waals surface area contributed by atoms with Gasteiger partial charge in [0, 0.05) is 60.8 Å². The highest BCUT2D eigenvalue weighted by molar-refractivity contribution is 7.08. The van der Waals surface area contributed by atoms with Crippen LogP contribution in [0.15, 0.2) is 102 Å². The molecule has 1 amide bonds. The van der Waals surface area contributed by atoms with Crippen LogP contribution in [-0.2, 0) is 17.8 Å². The first-order valence-electron chi connectivity index (χ1n) is 11.6. The van der Waals surface area contributed by atoms with Gasteiger partial charge >= 0.3 is 0 Å². The van der Waals surface area contributed by atoms with Crippen molar-refractivity contribution in [3.05, 3.63) is 124 Å². The number of nitrogens with one attached hydrogen (secondary N) is 1. The number of hydrogen-bond acceptors (Lipinski definition) is 3. The van der Waals surface area contributed by atoms with Gasteiger partial charge < -0.3 is 9.88 Å². The molecular formula is C29H27N3OS. The Hall–Kier alpha value is -3.70. The summed E-state index contributed by atoms with van der Waals surface area (Å²) in [5, 5.41) is 8.56. The maximum atomic E-state index is 13.0. The molecule has 170 valence electrons. The fourth-order valence-electron chi connectivity index (χ4n) is 4.48. The van der Waals surface area contributed by atoms with E-state index in [1.165, 1.54) is 27.6 Å². The van der Waals surface area contributed by atoms with Gasteiger partial charge in [-0.3, -0.25) is 9.78 Å². The Morgan fingerprint density at radius 1 is 0.971 bits per heavy atom. The van der Waals surface area contributed by atoms with Crippen molar-refractivity contribution in [2.24, 2.45) is 0 Å². The highest BCUT2D eigenvalue weighted by atomic mass is 32.1. The topological polar surface area (TPSA) is 46.9 Å². The number of para-hydroxylation sites is 1. The second-order valence-corrected chi connectivity index (χ2v) is 9.23. The van der Waals surface area contributed by atoms with Crippen molar-refractivity contribution in [3.63, 3.8) is 0 Å². The van der Waals surface area contributed by atoms with Crippen molar-refractivity contribution in [3.8, 4) is 0 Å². The monoisotopic (exact) mass is 465 g/mol. The predicted octanol–water partition coefficient (Wildman–Crippen LogP) is 6.03. The van der Waals surface area contributed by atoms with Crippen LogP contribution in [0.2, 0.25) is 0 Å². The third kappa shape index (κ3) is 5.10. The highest BCUT2D eigenvalue weighted by Crippen LogP contribution is 2.36. The molecule has 3 heterocycles. The summed E-state index contributed by atoms with van der Waals surface area (Å²) in [4.78, 5) is 17.4. The van der Waals surface area contributed by atoms with Crippen LogP contribution >= 0.6 is 11.3 Å². The maximum Gasteiger partial charge on any atom is 0.220 e. The van der Waals surface area contributed by atoms with Gasteiger partial charge in [-0.25, -0.2) is 0 Å². The van der Waals surface area contributed by atoms with E-state index < -0.39 is 0 Å². The second kappa shape index (κ2) is 10.5. The predicted molar refractivity (Wildman–Crippen MR) is 139 cm³/mol. The third-order valence-electron chi connectivity index (χ3n) is 6.16. The van der Waals surface area contributed by atoms with E-state index in [1.54, 1.807) is 17.5 Å². The van der Waals surface area contributed by atoms with Crippen LogP contribution in [-0.4, -0.2) is 22.0 Å². The molecule has 0 aliphatic carbocycles. The molecule has 3 aromatic heterocycles. The molecule has 0 fully saturated rings. The van der Waals surface area contributed by atoms with Gasteiger partial charge in [0.25, 0.3) is 0 Å². The molecule has 0 bridgehead atoms. The van der Waals surface area contributed by atoms with Gasteiger partial charge in [0.05, 0.1) is 0 Å². The molecule has 0 saturated heterocycles. The summed E-state index contributed by atoms with van der Waals surface area (Å²) in [5.74, 6) is 0.0649. The fraction of sp³-hybridized carbons (Fsp3) is 0.172. The van der Waals surface area contributed by atoms with Gasteiger partial charge in [0.15, 0.2) is 0 Å². The van der Waals surface area contributed by atoms with E-state index >= 15 is 0 Å². The van der Waals surface area contributed by atoms with Crippen LogP contribution in [0.5, 0.6) is 0 Å². The molecule has 0 saturated carbocycles. The van der Waals surface area contributed by atoms with Gasteiger partial charge in [0.2, 0.25) is 5.91 Å². The Labute approximate surface area is 203 Å². The average Bonchev–Trinajstić information content (AvgIpc) is 3.53. The summed E-state index contributed by atoms with van der Waals surface area (Å²) in [6.45, 7) is 1.38. The first-order valence-corrected chi connectivity index (χ1v) is 12.5. The average molecular weight is 466 g/mol. The second-order valence-electron chi connectivity index (χ2n) is 8.45. The Morgan fingerprint density at radius 3 is 2.59 bits per heavy atom. The number of thiophene rings is 1. The van der Waals surface area contributed by atoms with Crippen molar-refractivity contribution in [2.75, 3.05) is 6.54 Å². The normalized spacial score (nSPS) is 12.0. The first-order chi connectivity index (χ1) is 16.8. The number of fused-ring (bicyclic) bond motifs is 1. The number of rotatable bonds is 9. The van der Waals surface area contributed by atoms with Crippen LogP contribution in [0, 0.1) is 0 Å². The molecule has 5 rings (SSSR count). The number of aromatic nitrogens is 2. The summed E-state index contributed by atoms with van der Waals surface area (Å²) in [6.07, 6.45) is 5.17. The molecule has 34 heavy (non-hydrogen) atoms. The number of pyridine rings is 1. The van der Waals surface area contributed by atoms with Crippen LogP contribution in [0.25, 0.3) is 10.9 Å². The minimum absolute atomic E-state index is 0.00280. The lowest BCUT2D eigenvalue weighted by Crippen LogP contribution is -2.27. The molecular weight excluding hydrogens is 438 g/mol. The Kier molecular flexibility index (Phi) is 6.82. The summed E-state index contributed by atoms with van der Waals surface area (Å²) >= 11 is 1.67. The number of nitrogens with zero attached hydrogens (tertiary/aromatic N) is 2. The number of carbonyl (C=O) groups excluding carboxylic acids is 1. The lowest BCUT2D eigenvalue weighted by molar-refractivity contribution is -0.121. The molecule has 0 radical (unpaired) electrons. The van der Waals surface area contributed by atoms with Crippen molar-refractivity contribution in [1.29, 1.82) is 0 Å². The van der Waals surface area contributed by atoms with Crippen LogP contribution in [0.1, 0.15) is 34.7 Å². The molecule has 2 aromatic carbocycles. The quantitative estimate of drug-likeness (QED) is 0.289. The lowest BCUT2D eigenvalue weighted by atomic mass is 9.89. The van der Waals surface area contributed by atoms with E-state index in [1.807, 2.05) is 24.3 Å². The fourth-order valence-corrected chi connectivity index (χ4v) is 5.19. The largest absolute Gasteiger partial charge is 0.356 e. The van der Waals surface area contributed by atoms with Gasteiger partial charge in [-0.05, 0) is 51.7 Å². The SMILES string of the molecule is O=C(CC(c1ccsc1)c1cn(Cc2ccccc2)c2ccccc12)NCCc1ccccn1. The summed E-state index contributed by atoms with van der Waals surface area (Å²) in [7, 11) is 0. The molecule has 1 unspecified atom stereocenters. The minimum atomic E-state index is 0.00280. The van der Waals surface area contributed by atoms with E-state index in [4.69, 9.17) is 0 Å². The third-order valence-corrected chi connectivity index (χ3v) is 6.86. The molecule has 5 heteroatoms. The summed E-state index contributed by atoms with van der Waals surface area (Å²) in [5.41, 5.74) is 5.82. The summed E-state index contributed by atoms with van der Waals surface area (Å²) in [6, 6.07) is 27.0. The van der Waals surface area contributed by atoms with E-state index in [9.17, 15) is 4.79 Å². The van der Waals surface area contributed by atoms with Gasteiger partial charge in [-0.15, -0.1) is 0 Å². The van der Waals surface area contributed by atoms with Crippen molar-refractivity contribution >= 4 is 28.1 Å². The molecule has 0 aliphatic rings. The molecule has 5 aromatic rings. The van der Waals surface area contributed by atoms with Crippen LogP contribution < -0.4 is 5.32 Å². The maximum absolute atomic E-state index is 13.0. The standard InChI is InChI=1S/C29H27N3OS/c33-29(31-16-13-24-10-6-7-15-30-24)18-26(23-14-17-34-21-23)27-20-32(19-22-8-2-1-3-9-22)28-12-5-4-11-25(27)28/h1-12,14-15,17,20-21,26H,13,16,18-19H2,(H,31,33). The van der Waals surface area contributed by atoms with Gasteiger partial charge in [-0.2, -0.15) is 11.3 Å². The Bertz CT molecular complexity index is 1340. The van der Waals surface area contributed by atoms with Crippen molar-refractivity contribution < 1.29 is 4.79 Å². The smallest absolute Gasteiger partial charge is 0.220 e. The van der Waals surface area contributed by atoms with E-state index in [0.717, 1.165) is 18.7 Å². The molecule has 4 nitrogen and oxygen atoms in total. The number of hydrogen-bond donors (Lipinski definition) is 1. The van der Waals surface area contributed by atoms with E-state index in [-0.39, 0.29) is 11.8 Å². The van der Waals surface area contributed by atoms with Crippen LogP contribution in [0.4, 0.5) is 0 Å². The van der Waals surface area contributed by atoms with Crippen molar-refractivity contribution in [1.82, 2.24) is 14.9 Å². The zero-order valence-electron chi connectivity index (χ0n) is 18.9. The molecule has 0 spiro atoms. The van der Waals surface area contributed by atoms with Gasteiger partial charge in [-0.1, -0.05) is 54.6 Å². The van der Waals surface area contributed by atoms with Crippen molar-refractivity contribution in [2.45, 2.75) is 25.3 Å². The summed E-state index contributed by atoms with van der Waals surface area (Å²) < 4.78 is 2.30. The molecule has 1 N–H and O–H groups in total. The zero-order chi connectivity index (χ0) is 23.2.